The molecule has 2 heterocycles. The molecule has 7 heteroatoms. The first-order valence-corrected chi connectivity index (χ1v) is 6.28. The van der Waals surface area contributed by atoms with Gasteiger partial charge in [0.25, 0.3) is 0 Å². The molecule has 0 aliphatic carbocycles. The van der Waals surface area contributed by atoms with Crippen molar-refractivity contribution in [2.24, 2.45) is 0 Å². The van der Waals surface area contributed by atoms with Gasteiger partial charge in [-0.2, -0.15) is 13.2 Å². The van der Waals surface area contributed by atoms with Crippen molar-refractivity contribution < 1.29 is 13.2 Å². The number of fused-ring (bicyclic) bond motifs is 1. The Kier molecular flexibility index (Phi) is 3.25. The summed E-state index contributed by atoms with van der Waals surface area (Å²) >= 11 is 5.70. The number of alkyl halides is 3. The van der Waals surface area contributed by atoms with Gasteiger partial charge in [-0.05, 0) is 29.8 Å². The molecule has 0 bridgehead atoms. The summed E-state index contributed by atoms with van der Waals surface area (Å²) in [6.07, 6.45) is -1.64. The first-order valence-electron chi connectivity index (χ1n) is 5.90. The highest BCUT2D eigenvalue weighted by atomic mass is 35.5. The fourth-order valence-electron chi connectivity index (χ4n) is 2.01. The maximum atomic E-state index is 13.0. The van der Waals surface area contributed by atoms with Gasteiger partial charge in [-0.1, -0.05) is 12.1 Å². The van der Waals surface area contributed by atoms with Crippen LogP contribution in [0.4, 0.5) is 13.2 Å². The summed E-state index contributed by atoms with van der Waals surface area (Å²) in [5, 5.41) is 0.726. The third kappa shape index (κ3) is 2.67. The van der Waals surface area contributed by atoms with Crippen molar-refractivity contribution >= 4 is 22.5 Å². The summed E-state index contributed by atoms with van der Waals surface area (Å²) in [5.41, 5.74) is -0.136. The van der Waals surface area contributed by atoms with Gasteiger partial charge in [-0.25, -0.2) is 9.97 Å². The van der Waals surface area contributed by atoms with E-state index in [1.54, 1.807) is 12.1 Å². The SMILES string of the molecule is FC(F)(F)c1cccnc1-c1ccc2cnc(Cl)nc2c1. The second-order valence-corrected chi connectivity index (χ2v) is 4.65. The van der Waals surface area contributed by atoms with Gasteiger partial charge >= 0.3 is 6.18 Å². The largest absolute Gasteiger partial charge is 0.418 e. The second-order valence-electron chi connectivity index (χ2n) is 4.31. The monoisotopic (exact) mass is 309 g/mol. The second kappa shape index (κ2) is 4.96. The fourth-order valence-corrected chi connectivity index (χ4v) is 2.15. The molecule has 3 aromatic rings. The van der Waals surface area contributed by atoms with Gasteiger partial charge in [0.15, 0.2) is 0 Å². The van der Waals surface area contributed by atoms with Gasteiger partial charge in [-0.15, -0.1) is 0 Å². The minimum absolute atomic E-state index is 0.0386. The molecule has 0 saturated heterocycles. The van der Waals surface area contributed by atoms with Gasteiger partial charge in [0.05, 0.1) is 16.8 Å². The third-order valence-electron chi connectivity index (χ3n) is 2.94. The summed E-state index contributed by atoms with van der Waals surface area (Å²) < 4.78 is 39.1. The molecule has 3 rings (SSSR count). The molecular formula is C14H7ClF3N3. The van der Waals surface area contributed by atoms with Crippen LogP contribution in [0.3, 0.4) is 0 Å². The molecule has 0 aliphatic rings. The van der Waals surface area contributed by atoms with Crippen LogP contribution in [0.25, 0.3) is 22.2 Å². The lowest BCUT2D eigenvalue weighted by molar-refractivity contribution is -0.137. The molecule has 0 N–H and O–H groups in total. The Morgan fingerprint density at radius 2 is 1.86 bits per heavy atom. The lowest BCUT2D eigenvalue weighted by atomic mass is 10.0. The van der Waals surface area contributed by atoms with Crippen molar-refractivity contribution in [2.75, 3.05) is 0 Å². The average Bonchev–Trinajstić information content (AvgIpc) is 2.45. The van der Waals surface area contributed by atoms with Crippen molar-refractivity contribution in [3.63, 3.8) is 0 Å². The lowest BCUT2D eigenvalue weighted by Crippen LogP contribution is -2.08. The summed E-state index contributed by atoms with van der Waals surface area (Å²) in [5.74, 6) is 0. The number of hydrogen-bond acceptors (Lipinski definition) is 3. The molecule has 0 fully saturated rings. The molecule has 0 atom stereocenters. The molecule has 0 unspecified atom stereocenters. The Hall–Kier alpha value is -2.21. The molecule has 2 aromatic heterocycles. The average molecular weight is 310 g/mol. The molecule has 106 valence electrons. The van der Waals surface area contributed by atoms with Gasteiger partial charge in [0, 0.05) is 23.3 Å². The summed E-state index contributed by atoms with van der Waals surface area (Å²) in [4.78, 5) is 11.7. The molecule has 0 saturated carbocycles. The number of benzene rings is 1. The van der Waals surface area contributed by atoms with Crippen molar-refractivity contribution in [3.8, 4) is 11.3 Å². The molecule has 0 spiro atoms. The normalized spacial score (nSPS) is 11.8. The first-order chi connectivity index (χ1) is 9.95. The van der Waals surface area contributed by atoms with Crippen LogP contribution in [-0.2, 0) is 6.18 Å². The zero-order chi connectivity index (χ0) is 15.0. The molecule has 0 aliphatic heterocycles. The van der Waals surface area contributed by atoms with Crippen LogP contribution in [0.2, 0.25) is 5.28 Å². The van der Waals surface area contributed by atoms with Crippen LogP contribution in [-0.4, -0.2) is 15.0 Å². The van der Waals surface area contributed by atoms with E-state index in [1.807, 2.05) is 0 Å². The molecule has 0 radical (unpaired) electrons. The van der Waals surface area contributed by atoms with Crippen LogP contribution >= 0.6 is 11.6 Å². The van der Waals surface area contributed by atoms with Crippen LogP contribution in [0.1, 0.15) is 5.56 Å². The Labute approximate surface area is 122 Å². The maximum absolute atomic E-state index is 13.0. The Morgan fingerprint density at radius 3 is 2.62 bits per heavy atom. The fraction of sp³-hybridized carbons (Fsp3) is 0.0714. The van der Waals surface area contributed by atoms with Crippen molar-refractivity contribution in [3.05, 3.63) is 53.6 Å². The van der Waals surface area contributed by atoms with Crippen molar-refractivity contribution in [1.82, 2.24) is 15.0 Å². The van der Waals surface area contributed by atoms with E-state index in [0.717, 1.165) is 6.07 Å². The molecule has 0 amide bonds. The molecular weight excluding hydrogens is 303 g/mol. The summed E-state index contributed by atoms with van der Waals surface area (Å²) in [6, 6.07) is 6.96. The van der Waals surface area contributed by atoms with Gasteiger partial charge in [0.1, 0.15) is 0 Å². The maximum Gasteiger partial charge on any atom is 0.418 e. The summed E-state index contributed by atoms with van der Waals surface area (Å²) in [6.45, 7) is 0. The standard InChI is InChI=1S/C14H7ClF3N3/c15-13-20-7-9-4-3-8(6-11(9)21-13)12-10(14(16,17)18)2-1-5-19-12/h1-7H. The van der Waals surface area contributed by atoms with E-state index in [0.29, 0.717) is 16.5 Å². The van der Waals surface area contributed by atoms with Gasteiger partial charge in [-0.3, -0.25) is 4.98 Å². The van der Waals surface area contributed by atoms with Crippen molar-refractivity contribution in [1.29, 1.82) is 0 Å². The smallest absolute Gasteiger partial charge is 0.256 e. The van der Waals surface area contributed by atoms with Crippen LogP contribution < -0.4 is 0 Å². The van der Waals surface area contributed by atoms with Gasteiger partial charge < -0.3 is 0 Å². The van der Waals surface area contributed by atoms with E-state index in [2.05, 4.69) is 15.0 Å². The minimum atomic E-state index is -4.47. The highest BCUT2D eigenvalue weighted by Crippen LogP contribution is 2.36. The molecule has 3 nitrogen and oxygen atoms in total. The predicted molar refractivity (Wildman–Crippen MR) is 72.8 cm³/mol. The number of aromatic nitrogens is 3. The minimum Gasteiger partial charge on any atom is -0.256 e. The number of rotatable bonds is 1. The Morgan fingerprint density at radius 1 is 1.05 bits per heavy atom. The Bertz CT molecular complexity index is 818. The zero-order valence-electron chi connectivity index (χ0n) is 10.4. The predicted octanol–water partition coefficient (Wildman–Crippen LogP) is 4.36. The van der Waals surface area contributed by atoms with E-state index in [-0.39, 0.29) is 11.0 Å². The topological polar surface area (TPSA) is 38.7 Å². The van der Waals surface area contributed by atoms with Gasteiger partial charge in [0.2, 0.25) is 5.28 Å². The highest BCUT2D eigenvalue weighted by molar-refractivity contribution is 6.28. The quantitative estimate of drug-likeness (QED) is 0.627. The van der Waals surface area contributed by atoms with Crippen molar-refractivity contribution in [2.45, 2.75) is 6.18 Å². The number of halogens is 4. The Balaban J connectivity index is 2.21. The number of nitrogens with zero attached hydrogens (tertiary/aromatic N) is 3. The van der Waals surface area contributed by atoms with Crippen LogP contribution in [0, 0.1) is 0 Å². The van der Waals surface area contributed by atoms with Crippen LogP contribution in [0.5, 0.6) is 0 Å². The molecule has 21 heavy (non-hydrogen) atoms. The van der Waals surface area contributed by atoms with E-state index in [1.165, 1.54) is 24.5 Å². The third-order valence-corrected chi connectivity index (χ3v) is 3.12. The first kappa shape index (κ1) is 13.8. The highest BCUT2D eigenvalue weighted by Gasteiger charge is 2.34. The van der Waals surface area contributed by atoms with E-state index in [4.69, 9.17) is 11.6 Å². The van der Waals surface area contributed by atoms with Crippen LogP contribution in [0.15, 0.2) is 42.7 Å². The zero-order valence-corrected chi connectivity index (χ0v) is 11.2. The number of pyridine rings is 1. The van der Waals surface area contributed by atoms with E-state index < -0.39 is 11.7 Å². The lowest BCUT2D eigenvalue weighted by Gasteiger charge is -2.12. The summed E-state index contributed by atoms with van der Waals surface area (Å²) in [7, 11) is 0. The van der Waals surface area contributed by atoms with E-state index >= 15 is 0 Å². The van der Waals surface area contributed by atoms with E-state index in [9.17, 15) is 13.2 Å². The number of hydrogen-bond donors (Lipinski definition) is 0. The molecule has 1 aromatic carbocycles.